The minimum Gasteiger partial charge on any atom is -0.281 e. The highest BCUT2D eigenvalue weighted by molar-refractivity contribution is 5.83. The first-order valence-corrected chi connectivity index (χ1v) is 5.58. The molecule has 0 heterocycles. The van der Waals surface area contributed by atoms with Crippen molar-refractivity contribution < 1.29 is 0 Å². The fourth-order valence-electron chi connectivity index (χ4n) is 1.89. The van der Waals surface area contributed by atoms with Gasteiger partial charge in [0.15, 0.2) is 6.19 Å². The zero-order valence-corrected chi connectivity index (χ0v) is 8.92. The molecule has 0 aliphatic heterocycles. The molecule has 0 aromatic heterocycles. The number of nitrogens with one attached hydrogen (secondary N) is 1. The summed E-state index contributed by atoms with van der Waals surface area (Å²) in [7, 11) is 0. The van der Waals surface area contributed by atoms with Crippen molar-refractivity contribution >= 4 is 5.84 Å². The first-order chi connectivity index (χ1) is 6.86. The van der Waals surface area contributed by atoms with Gasteiger partial charge in [0.1, 0.15) is 5.84 Å². The van der Waals surface area contributed by atoms with Gasteiger partial charge >= 0.3 is 0 Å². The average molecular weight is 193 g/mol. The van der Waals surface area contributed by atoms with E-state index in [0.717, 1.165) is 18.7 Å². The number of amidine groups is 1. The summed E-state index contributed by atoms with van der Waals surface area (Å²) in [5.41, 5.74) is 0. The molecule has 0 aromatic rings. The lowest BCUT2D eigenvalue weighted by molar-refractivity contribution is 0.442. The van der Waals surface area contributed by atoms with Gasteiger partial charge in [0.2, 0.25) is 0 Å². The molecule has 0 radical (unpaired) electrons. The second-order valence-corrected chi connectivity index (χ2v) is 3.85. The van der Waals surface area contributed by atoms with Crippen LogP contribution in [0.1, 0.15) is 51.9 Å². The number of nitriles is 1. The van der Waals surface area contributed by atoms with Crippen molar-refractivity contribution in [1.82, 2.24) is 5.32 Å². The van der Waals surface area contributed by atoms with Gasteiger partial charge in [-0.2, -0.15) is 5.26 Å². The van der Waals surface area contributed by atoms with Crippen molar-refractivity contribution in [1.29, 1.82) is 5.26 Å². The van der Waals surface area contributed by atoms with Gasteiger partial charge in [-0.15, -0.1) is 0 Å². The standard InChI is InChI=1S/C11H19N3/c1-2-6-11(13-9-12)14-10-7-4-3-5-8-10/h10H,2-8H2,1H3,(H,13,14). The van der Waals surface area contributed by atoms with Crippen LogP contribution < -0.4 is 5.32 Å². The first-order valence-electron chi connectivity index (χ1n) is 5.58. The Kier molecular flexibility index (Phi) is 5.06. The Morgan fingerprint density at radius 3 is 2.71 bits per heavy atom. The average Bonchev–Trinajstić information content (AvgIpc) is 2.20. The lowest BCUT2D eigenvalue weighted by Gasteiger charge is -2.18. The van der Waals surface area contributed by atoms with Crippen LogP contribution >= 0.6 is 0 Å². The molecule has 0 aromatic carbocycles. The van der Waals surface area contributed by atoms with Crippen LogP contribution in [0.4, 0.5) is 0 Å². The van der Waals surface area contributed by atoms with Crippen LogP contribution in [0.25, 0.3) is 0 Å². The van der Waals surface area contributed by atoms with E-state index in [2.05, 4.69) is 17.2 Å². The fourth-order valence-corrected chi connectivity index (χ4v) is 1.89. The molecule has 0 bridgehead atoms. The zero-order valence-electron chi connectivity index (χ0n) is 8.92. The molecule has 0 saturated heterocycles. The molecule has 3 heteroatoms. The van der Waals surface area contributed by atoms with E-state index in [1.165, 1.54) is 32.1 Å². The maximum absolute atomic E-state index is 8.55. The molecule has 1 aliphatic rings. The van der Waals surface area contributed by atoms with E-state index in [4.69, 9.17) is 5.26 Å². The van der Waals surface area contributed by atoms with Crippen molar-refractivity contribution in [2.24, 2.45) is 4.99 Å². The SMILES string of the molecule is CCCC(=NC1CCCCC1)NC#N. The quantitative estimate of drug-likeness (QED) is 0.324. The maximum atomic E-state index is 8.55. The van der Waals surface area contributed by atoms with Crippen molar-refractivity contribution in [3.8, 4) is 6.19 Å². The summed E-state index contributed by atoms with van der Waals surface area (Å²) < 4.78 is 0. The summed E-state index contributed by atoms with van der Waals surface area (Å²) in [4.78, 5) is 4.60. The smallest absolute Gasteiger partial charge is 0.182 e. The Balaban J connectivity index is 2.46. The van der Waals surface area contributed by atoms with Gasteiger partial charge in [0, 0.05) is 6.42 Å². The van der Waals surface area contributed by atoms with Crippen LogP contribution in [0.2, 0.25) is 0 Å². The fraction of sp³-hybridized carbons (Fsp3) is 0.818. The number of rotatable bonds is 3. The summed E-state index contributed by atoms with van der Waals surface area (Å²) in [6, 6.07) is 0.464. The van der Waals surface area contributed by atoms with Gasteiger partial charge in [-0.25, -0.2) is 0 Å². The summed E-state index contributed by atoms with van der Waals surface area (Å²) >= 11 is 0. The van der Waals surface area contributed by atoms with E-state index in [-0.39, 0.29) is 0 Å². The number of hydrogen-bond donors (Lipinski definition) is 1. The van der Waals surface area contributed by atoms with Crippen molar-refractivity contribution in [3.05, 3.63) is 0 Å². The molecule has 14 heavy (non-hydrogen) atoms. The molecule has 0 spiro atoms. The summed E-state index contributed by atoms with van der Waals surface area (Å²) in [5.74, 6) is 0.877. The van der Waals surface area contributed by atoms with Gasteiger partial charge in [-0.1, -0.05) is 26.2 Å². The molecule has 1 N–H and O–H groups in total. The Morgan fingerprint density at radius 1 is 1.43 bits per heavy atom. The van der Waals surface area contributed by atoms with Gasteiger partial charge in [-0.05, 0) is 19.3 Å². The molecule has 3 nitrogen and oxygen atoms in total. The van der Waals surface area contributed by atoms with E-state index < -0.39 is 0 Å². The van der Waals surface area contributed by atoms with Crippen LogP contribution in [0, 0.1) is 11.5 Å². The highest BCUT2D eigenvalue weighted by Gasteiger charge is 2.12. The van der Waals surface area contributed by atoms with E-state index in [0.29, 0.717) is 6.04 Å². The number of nitrogens with zero attached hydrogens (tertiary/aromatic N) is 2. The molecule has 1 fully saturated rings. The third kappa shape index (κ3) is 3.78. The molecule has 0 unspecified atom stereocenters. The Hall–Kier alpha value is -1.04. The molecular formula is C11H19N3. The second kappa shape index (κ2) is 6.42. The van der Waals surface area contributed by atoms with Crippen LogP contribution in [0.5, 0.6) is 0 Å². The van der Waals surface area contributed by atoms with E-state index in [9.17, 15) is 0 Å². The summed E-state index contributed by atoms with van der Waals surface area (Å²) in [6.45, 7) is 2.11. The van der Waals surface area contributed by atoms with Crippen molar-refractivity contribution in [2.45, 2.75) is 57.9 Å². The van der Waals surface area contributed by atoms with Gasteiger partial charge in [-0.3, -0.25) is 10.3 Å². The molecule has 1 aliphatic carbocycles. The normalized spacial score (nSPS) is 19.0. The minimum atomic E-state index is 0.464. The highest BCUT2D eigenvalue weighted by Crippen LogP contribution is 2.20. The van der Waals surface area contributed by atoms with E-state index >= 15 is 0 Å². The first kappa shape index (κ1) is 11.0. The molecule has 1 saturated carbocycles. The predicted octanol–water partition coefficient (Wildman–Crippen LogP) is 2.59. The summed E-state index contributed by atoms with van der Waals surface area (Å²) in [5, 5.41) is 11.2. The maximum Gasteiger partial charge on any atom is 0.182 e. The Morgan fingerprint density at radius 2 is 2.14 bits per heavy atom. The lowest BCUT2D eigenvalue weighted by atomic mass is 9.96. The summed E-state index contributed by atoms with van der Waals surface area (Å²) in [6.07, 6.45) is 10.2. The third-order valence-corrected chi connectivity index (χ3v) is 2.60. The van der Waals surface area contributed by atoms with Crippen molar-refractivity contribution in [3.63, 3.8) is 0 Å². The lowest BCUT2D eigenvalue weighted by Crippen LogP contribution is -2.21. The Bertz CT molecular complexity index is 221. The van der Waals surface area contributed by atoms with Crippen LogP contribution in [-0.2, 0) is 0 Å². The van der Waals surface area contributed by atoms with Gasteiger partial charge in [0.05, 0.1) is 6.04 Å². The van der Waals surface area contributed by atoms with Crippen LogP contribution in [-0.4, -0.2) is 11.9 Å². The van der Waals surface area contributed by atoms with Crippen LogP contribution in [0.3, 0.4) is 0 Å². The van der Waals surface area contributed by atoms with Gasteiger partial charge in [0.25, 0.3) is 0 Å². The monoisotopic (exact) mass is 193 g/mol. The number of hydrogen-bond acceptors (Lipinski definition) is 2. The van der Waals surface area contributed by atoms with Crippen molar-refractivity contribution in [2.75, 3.05) is 0 Å². The number of aliphatic imine (C=N–C) groups is 1. The molecule has 0 amide bonds. The predicted molar refractivity (Wildman–Crippen MR) is 58.0 cm³/mol. The zero-order chi connectivity index (χ0) is 10.2. The molecule has 1 rings (SSSR count). The van der Waals surface area contributed by atoms with E-state index in [1.807, 2.05) is 6.19 Å². The molecule has 0 atom stereocenters. The second-order valence-electron chi connectivity index (χ2n) is 3.85. The third-order valence-electron chi connectivity index (χ3n) is 2.60. The Labute approximate surface area is 86.2 Å². The molecular weight excluding hydrogens is 174 g/mol. The molecule has 78 valence electrons. The topological polar surface area (TPSA) is 48.2 Å². The van der Waals surface area contributed by atoms with Crippen LogP contribution in [0.15, 0.2) is 4.99 Å². The highest BCUT2D eigenvalue weighted by atomic mass is 15.0. The van der Waals surface area contributed by atoms with E-state index in [1.54, 1.807) is 0 Å². The minimum absolute atomic E-state index is 0.464. The van der Waals surface area contributed by atoms with Gasteiger partial charge < -0.3 is 0 Å². The largest absolute Gasteiger partial charge is 0.281 e.